The van der Waals surface area contributed by atoms with Crippen molar-refractivity contribution in [1.29, 1.82) is 0 Å². The van der Waals surface area contributed by atoms with Crippen LogP contribution in [0.4, 0.5) is 34.4 Å². The zero-order chi connectivity index (χ0) is 40.4. The van der Waals surface area contributed by atoms with E-state index in [9.17, 15) is 0 Å². The predicted octanol–water partition coefficient (Wildman–Crippen LogP) is 8.88. The maximum atomic E-state index is 5.73. The second-order valence-corrected chi connectivity index (χ2v) is 16.4. The van der Waals surface area contributed by atoms with Crippen molar-refractivity contribution in [2.45, 2.75) is 78.1 Å². The third kappa shape index (κ3) is 12.2. The summed E-state index contributed by atoms with van der Waals surface area (Å²) in [6.07, 6.45) is 16.2. The van der Waals surface area contributed by atoms with Gasteiger partial charge in [-0.1, -0.05) is 51.7 Å². The van der Waals surface area contributed by atoms with Crippen molar-refractivity contribution in [3.05, 3.63) is 146 Å². The molecule has 2 aromatic carbocycles. The van der Waals surface area contributed by atoms with Gasteiger partial charge < -0.3 is 46.1 Å². The van der Waals surface area contributed by atoms with Gasteiger partial charge in [-0.2, -0.15) is 74.0 Å². The molecule has 0 saturated heterocycles. The van der Waals surface area contributed by atoms with E-state index in [2.05, 4.69) is 88.5 Å². The van der Waals surface area contributed by atoms with E-state index in [1.807, 2.05) is 92.3 Å². The number of hydrogen-bond acceptors (Lipinski definition) is 9. The zero-order valence-electron chi connectivity index (χ0n) is 34.9. The first-order valence-corrected chi connectivity index (χ1v) is 21.2. The van der Waals surface area contributed by atoms with Crippen LogP contribution in [0.25, 0.3) is 0 Å². The van der Waals surface area contributed by atoms with Gasteiger partial charge in [0.2, 0.25) is 0 Å². The summed E-state index contributed by atoms with van der Waals surface area (Å²) in [5, 5.41) is 19.9. The Hall–Kier alpha value is -4.30. The molecule has 10 rings (SSSR count). The van der Waals surface area contributed by atoms with Crippen LogP contribution in [0.3, 0.4) is 0 Å². The molecule has 2 fully saturated rings. The van der Waals surface area contributed by atoms with Gasteiger partial charge >= 0.3 is 0 Å². The summed E-state index contributed by atoms with van der Waals surface area (Å²) in [5.74, 6) is 4.82. The molecule has 4 unspecified atom stereocenters. The standard InChI is InChI=1S/C24H26N5.C12H9N3.C12H20N3.2Pt/c1-18-13-21(27-26-18)15-19-7-5-8-20(14-19)16-28-17-29(22-9-3-2-4-10-22)24-23(28)11-6-12-25-24;1-2-5-10(6-3-1)15-9-14-11-7-4-8-13-12(11)15;1-9-5-12(15-14-9)7-10-3-2-4-11(6-10)8-13;;/h2-4,6,9,11-13,17,19-20H,5,7-8,14-16H2,1H3;1-5,7-9,14H;5,10-11H,2-4,6-8,13H2,1H3;;/q-3;-2;-1;;. The van der Waals surface area contributed by atoms with Crippen LogP contribution in [0.1, 0.15) is 74.1 Å². The van der Waals surface area contributed by atoms with Gasteiger partial charge in [0.15, 0.2) is 0 Å². The molecule has 4 aromatic heterocycles. The Labute approximate surface area is 390 Å². The number of pyridine rings is 2. The number of nitrogens with two attached hydrogens (primary N) is 1. The Bertz CT molecular complexity index is 2200. The molecule has 11 nitrogen and oxygen atoms in total. The largest absolute Gasteiger partial charge is 0.579 e. The molecule has 13 heteroatoms. The Kier molecular flexibility index (Phi) is 17.2. The molecule has 4 aliphatic rings. The third-order valence-corrected chi connectivity index (χ3v) is 11.8. The van der Waals surface area contributed by atoms with Crippen LogP contribution in [-0.4, -0.2) is 33.3 Å². The SMILES string of the molecule is Cc1cc(CC2CCCC(CN)C2)n[n-]1.Cc1cc(CC2CCCC(CN3[CH-]N(c4[c-]cccc4)c4ncccc43)C2)n[n-]1.[Pt].[Pt].[c-]1ccccc1N1[CH-]Nc2cccnc21. The van der Waals surface area contributed by atoms with Crippen LogP contribution in [0.5, 0.6) is 0 Å². The molecule has 0 spiro atoms. The molecule has 3 N–H and O–H groups in total. The number of aryl methyl sites for hydroxylation is 2. The topological polar surface area (TPSA) is 128 Å². The van der Waals surface area contributed by atoms with E-state index in [1.54, 1.807) is 6.20 Å². The predicted molar refractivity (Wildman–Crippen MR) is 235 cm³/mol. The Balaban J connectivity index is 0.000000165. The number of benzene rings is 2. The van der Waals surface area contributed by atoms with Gasteiger partial charge in [-0.25, -0.2) is 9.97 Å². The van der Waals surface area contributed by atoms with E-state index in [1.165, 1.54) is 57.1 Å². The molecular weight excluding hydrogens is 1120 g/mol. The van der Waals surface area contributed by atoms with Crippen LogP contribution in [0.15, 0.2) is 97.3 Å². The smallest absolute Gasteiger partial charge is 0.124 e. The molecule has 2 saturated carbocycles. The Morgan fingerprint density at radius 2 is 1.28 bits per heavy atom. The van der Waals surface area contributed by atoms with E-state index >= 15 is 0 Å². The normalized spacial score (nSPS) is 20.1. The van der Waals surface area contributed by atoms with Crippen LogP contribution >= 0.6 is 0 Å². The summed E-state index contributed by atoms with van der Waals surface area (Å²) < 4.78 is 0. The van der Waals surface area contributed by atoms with Gasteiger partial charge in [-0.05, 0) is 99.6 Å². The van der Waals surface area contributed by atoms with Crippen LogP contribution in [0, 0.1) is 63.0 Å². The number of aromatic nitrogens is 6. The Morgan fingerprint density at radius 3 is 1.87 bits per heavy atom. The number of hydrogen-bond donors (Lipinski definition) is 2. The summed E-state index contributed by atoms with van der Waals surface area (Å²) in [4.78, 5) is 15.5. The number of fused-ring (bicyclic) bond motifs is 2. The second kappa shape index (κ2) is 22.7. The summed E-state index contributed by atoms with van der Waals surface area (Å²) in [5.41, 5.74) is 14.3. The minimum atomic E-state index is 0. The Morgan fingerprint density at radius 1 is 0.705 bits per heavy atom. The van der Waals surface area contributed by atoms with Gasteiger partial charge in [0.1, 0.15) is 11.6 Å². The van der Waals surface area contributed by atoms with Crippen LogP contribution in [0.2, 0.25) is 0 Å². The molecular formula is C48H55N11Pt2-6. The molecule has 2 aliphatic heterocycles. The number of rotatable bonds is 9. The average molecular weight is 1180 g/mol. The molecule has 0 amide bonds. The van der Waals surface area contributed by atoms with Crippen molar-refractivity contribution in [3.63, 3.8) is 0 Å². The average Bonchev–Trinajstić information content (AvgIpc) is 4.09. The molecule has 6 aromatic rings. The van der Waals surface area contributed by atoms with Crippen molar-refractivity contribution >= 4 is 34.4 Å². The van der Waals surface area contributed by atoms with Gasteiger partial charge in [-0.15, -0.1) is 22.8 Å². The third-order valence-electron chi connectivity index (χ3n) is 11.8. The molecule has 61 heavy (non-hydrogen) atoms. The molecule has 0 bridgehead atoms. The van der Waals surface area contributed by atoms with E-state index < -0.39 is 0 Å². The molecule has 328 valence electrons. The van der Waals surface area contributed by atoms with E-state index in [0.29, 0.717) is 11.8 Å². The number of anilines is 6. The molecule has 4 atom stereocenters. The van der Waals surface area contributed by atoms with E-state index in [4.69, 9.17) is 5.73 Å². The minimum absolute atomic E-state index is 0. The molecule has 2 aliphatic carbocycles. The molecule has 6 heterocycles. The van der Waals surface area contributed by atoms with Crippen LogP contribution < -0.4 is 35.9 Å². The summed E-state index contributed by atoms with van der Waals surface area (Å²) in [7, 11) is 0. The molecule has 0 radical (unpaired) electrons. The second-order valence-electron chi connectivity index (χ2n) is 16.4. The van der Waals surface area contributed by atoms with Gasteiger partial charge in [0.25, 0.3) is 0 Å². The summed E-state index contributed by atoms with van der Waals surface area (Å²) >= 11 is 0. The fourth-order valence-electron chi connectivity index (χ4n) is 9.03. The quantitative estimate of drug-likeness (QED) is 0.135. The minimum Gasteiger partial charge on any atom is -0.579 e. The first-order chi connectivity index (χ1) is 29.0. The van der Waals surface area contributed by atoms with Crippen molar-refractivity contribution in [2.24, 2.45) is 29.4 Å². The van der Waals surface area contributed by atoms with E-state index in [-0.39, 0.29) is 42.1 Å². The van der Waals surface area contributed by atoms with Gasteiger partial charge in [0, 0.05) is 77.3 Å². The zero-order valence-corrected chi connectivity index (χ0v) is 39.5. The number of nitrogens with one attached hydrogen (secondary N) is 1. The summed E-state index contributed by atoms with van der Waals surface area (Å²) in [6.45, 7) is 9.99. The number of para-hydroxylation sites is 2. The first-order valence-electron chi connectivity index (χ1n) is 21.2. The van der Waals surface area contributed by atoms with Crippen molar-refractivity contribution in [1.82, 2.24) is 30.4 Å². The van der Waals surface area contributed by atoms with E-state index in [0.717, 1.165) is 89.2 Å². The monoisotopic (exact) mass is 1180 g/mol. The van der Waals surface area contributed by atoms with Gasteiger partial charge in [0.05, 0.1) is 0 Å². The summed E-state index contributed by atoms with van der Waals surface area (Å²) in [6, 6.07) is 34.8. The maximum Gasteiger partial charge on any atom is 0.124 e. The van der Waals surface area contributed by atoms with Crippen molar-refractivity contribution in [3.8, 4) is 0 Å². The fraction of sp³-hybridized carbons (Fsp3) is 0.375. The first kappa shape index (κ1) is 46.2. The van der Waals surface area contributed by atoms with Gasteiger partial charge in [-0.3, -0.25) is 0 Å². The maximum absolute atomic E-state index is 5.73. The van der Waals surface area contributed by atoms with Crippen molar-refractivity contribution in [2.75, 3.05) is 33.1 Å². The van der Waals surface area contributed by atoms with Crippen LogP contribution in [-0.2, 0) is 55.0 Å². The number of nitrogens with zero attached hydrogens (tertiary/aromatic N) is 9. The fourth-order valence-corrected chi connectivity index (χ4v) is 9.03. The van der Waals surface area contributed by atoms with Crippen molar-refractivity contribution < 1.29 is 42.1 Å².